The number of nitrogens with two attached hydrogens (primary N) is 6. The Morgan fingerprint density at radius 3 is 1.10 bits per heavy atom. The van der Waals surface area contributed by atoms with Crippen molar-refractivity contribution >= 4 is 92.3 Å². The number of anilines is 3. The minimum atomic E-state index is -2.08. The molecule has 43 nitrogen and oxygen atoms in total. The van der Waals surface area contributed by atoms with Gasteiger partial charge >= 0.3 is 17.1 Å². The average Bonchev–Trinajstić information content (AvgIpc) is 1.74. The number of primary amides is 1. The number of nitrogen functional groups attached to an aromatic ring is 3. The summed E-state index contributed by atoms with van der Waals surface area (Å²) in [7, 11) is 0. The average molecular weight is 1390 g/mol. The van der Waals surface area contributed by atoms with E-state index in [1.807, 2.05) is 0 Å². The summed E-state index contributed by atoms with van der Waals surface area (Å²) in [6.45, 7) is 6.24. The van der Waals surface area contributed by atoms with Crippen LogP contribution in [-0.2, 0) is 53.2 Å². The number of nitrogens with zero attached hydrogens (tertiary/aromatic N) is 15. The van der Waals surface area contributed by atoms with E-state index in [-0.39, 0.29) is 80.6 Å². The maximum Gasteiger partial charge on any atom is 0.328 e. The van der Waals surface area contributed by atoms with Crippen molar-refractivity contribution in [3.8, 4) is 0 Å². The van der Waals surface area contributed by atoms with Gasteiger partial charge in [-0.05, 0) is 67.3 Å². The molecule has 0 fully saturated rings. The summed E-state index contributed by atoms with van der Waals surface area (Å²) in [5.41, 5.74) is 31.2. The van der Waals surface area contributed by atoms with Crippen molar-refractivity contribution in [2.24, 2.45) is 17.2 Å². The van der Waals surface area contributed by atoms with Gasteiger partial charge in [-0.2, -0.15) is 0 Å². The number of aryl methyl sites for hydroxylation is 3. The molecule has 0 spiro atoms. The Morgan fingerprint density at radius 1 is 0.440 bits per heavy atom. The standard InChI is InChI=1S/C57H72N30O13/c1-23-11-82(55(98)79-46(23)89)14-30(49(92)73-29(42(63)88)9-7-8-10-58)75-53(96)34(27(5)86-21-71-37-40(61)65-18-68-44(37)86)78-51(94)32(16-84-13-25(3)48(91)81-57(84)100)76-54(97)35(28(6)87-22-72-38-41(62)66-19-69-45(38)87)77-50(93)31(15-83-12-24(2)47(90)80-56(83)99)74-52(95)33(59)26(4)85-20-70-36-39(60)64-17-67-43(36)85/h11-13,17-22,26-35H,7-10,14-16,58-59H2,1-6H3,(H2,63,88)(H,73,92)(H,74,95)(H,75,96)(H,76,97)(H,77,93)(H,78,94)(H2,60,64,67)(H2,61,65,68)(H2,62,66,69)(H,79,89,98)(H,80,90,99)(H,81,91,100)/t26?,27?,28?,29-,30-,31-,32-,33-,34-,35-/m0/s1. The van der Waals surface area contributed by atoms with E-state index in [2.05, 4.69) is 91.7 Å². The Bertz CT molecular complexity index is 5020. The van der Waals surface area contributed by atoms with E-state index in [0.717, 1.165) is 51.3 Å². The minimum absolute atomic E-state index is 0.00106. The van der Waals surface area contributed by atoms with Crippen molar-refractivity contribution in [1.29, 1.82) is 0 Å². The van der Waals surface area contributed by atoms with Crippen molar-refractivity contribution in [1.82, 2.24) is 119 Å². The molecule has 9 rings (SSSR count). The largest absolute Gasteiger partial charge is 0.382 e. The highest BCUT2D eigenvalue weighted by Crippen LogP contribution is 2.25. The first-order valence-corrected chi connectivity index (χ1v) is 30.7. The van der Waals surface area contributed by atoms with Gasteiger partial charge in [-0.1, -0.05) is 0 Å². The quantitative estimate of drug-likeness (QED) is 0.0194. The first-order valence-electron chi connectivity index (χ1n) is 30.7. The fourth-order valence-corrected chi connectivity index (χ4v) is 10.8. The van der Waals surface area contributed by atoms with Crippen molar-refractivity contribution in [2.75, 3.05) is 23.7 Å². The first-order chi connectivity index (χ1) is 47.5. The third kappa shape index (κ3) is 15.6. The summed E-state index contributed by atoms with van der Waals surface area (Å²) in [6.07, 6.45) is 11.0. The van der Waals surface area contributed by atoms with Crippen LogP contribution in [0.3, 0.4) is 0 Å². The number of unbranched alkanes of at least 4 members (excludes halogenated alkanes) is 1. The van der Waals surface area contributed by atoms with Crippen LogP contribution in [0.25, 0.3) is 33.5 Å². The second-order valence-electron chi connectivity index (χ2n) is 23.6. The van der Waals surface area contributed by atoms with Crippen LogP contribution in [0.4, 0.5) is 17.5 Å². The van der Waals surface area contributed by atoms with Gasteiger partial charge in [0.15, 0.2) is 34.4 Å². The molecule has 9 aromatic heterocycles. The number of amides is 7. The number of aromatic nitrogens is 18. The summed E-state index contributed by atoms with van der Waals surface area (Å²) in [4.78, 5) is 226. The molecule has 10 atom stereocenters. The van der Waals surface area contributed by atoms with E-state index >= 15 is 19.2 Å². The Balaban J connectivity index is 1.13. The van der Waals surface area contributed by atoms with E-state index in [4.69, 9.17) is 34.4 Å². The van der Waals surface area contributed by atoms with E-state index in [9.17, 15) is 43.2 Å². The van der Waals surface area contributed by atoms with Gasteiger partial charge in [-0.15, -0.1) is 0 Å². The summed E-state index contributed by atoms with van der Waals surface area (Å²) < 4.78 is 6.64. The lowest BCUT2D eigenvalue weighted by Crippen LogP contribution is -2.63. The minimum Gasteiger partial charge on any atom is -0.382 e. The molecule has 0 saturated carbocycles. The highest BCUT2D eigenvalue weighted by molar-refractivity contribution is 5.98. The molecular formula is C57H72N30O13. The van der Waals surface area contributed by atoms with E-state index in [1.165, 1.54) is 74.2 Å². The fraction of sp³-hybridized carbons (Fsp3) is 0.404. The van der Waals surface area contributed by atoms with Crippen LogP contribution in [0.2, 0.25) is 0 Å². The van der Waals surface area contributed by atoms with Crippen LogP contribution in [-0.4, -0.2) is 177 Å². The van der Waals surface area contributed by atoms with Crippen molar-refractivity contribution in [2.45, 2.75) is 141 Å². The molecule has 9 heterocycles. The lowest BCUT2D eigenvalue weighted by molar-refractivity contribution is -0.136. The highest BCUT2D eigenvalue weighted by atomic mass is 16.2. The second kappa shape index (κ2) is 30.2. The van der Waals surface area contributed by atoms with Crippen molar-refractivity contribution < 1.29 is 33.6 Å². The number of aromatic amines is 3. The van der Waals surface area contributed by atoms with Gasteiger partial charge in [0.2, 0.25) is 41.4 Å². The molecule has 528 valence electrons. The number of hydrogen-bond acceptors (Lipinski definition) is 27. The Hall–Kier alpha value is -12.7. The molecule has 0 bridgehead atoms. The maximum atomic E-state index is 15.7. The molecule has 7 amide bonds. The number of fused-ring (bicyclic) bond motifs is 3. The van der Waals surface area contributed by atoms with Gasteiger partial charge in [-0.3, -0.25) is 76.6 Å². The molecule has 0 aliphatic rings. The van der Waals surface area contributed by atoms with E-state index in [1.54, 1.807) is 0 Å². The smallest absolute Gasteiger partial charge is 0.328 e. The number of carbonyl (C=O) groups is 7. The van der Waals surface area contributed by atoms with Gasteiger partial charge < -0.3 is 80.0 Å². The summed E-state index contributed by atoms with van der Waals surface area (Å²) in [5.74, 6) is -8.28. The topological polar surface area (TPSA) is 643 Å². The van der Waals surface area contributed by atoms with Gasteiger partial charge in [0, 0.05) is 35.3 Å². The first kappa shape index (κ1) is 71.6. The lowest BCUT2D eigenvalue weighted by Gasteiger charge is -2.32. The van der Waals surface area contributed by atoms with E-state index < -0.39 is 155 Å². The summed E-state index contributed by atoms with van der Waals surface area (Å²) >= 11 is 0. The number of carbonyl (C=O) groups excluding carboxylic acids is 7. The predicted octanol–water partition coefficient (Wildman–Crippen LogP) is -7.64. The third-order valence-electron chi connectivity index (χ3n) is 16.6. The summed E-state index contributed by atoms with van der Waals surface area (Å²) in [5, 5.41) is 15.3. The molecule has 100 heavy (non-hydrogen) atoms. The zero-order valence-corrected chi connectivity index (χ0v) is 54.4. The molecular weight excluding hydrogens is 1310 g/mol. The van der Waals surface area contributed by atoms with Crippen LogP contribution in [0.5, 0.6) is 0 Å². The van der Waals surface area contributed by atoms with Crippen LogP contribution in [0, 0.1) is 20.8 Å². The van der Waals surface area contributed by atoms with Gasteiger partial charge in [-0.25, -0.2) is 59.2 Å². The number of rotatable bonds is 29. The van der Waals surface area contributed by atoms with E-state index in [0.29, 0.717) is 12.8 Å². The fourth-order valence-electron chi connectivity index (χ4n) is 10.8. The summed E-state index contributed by atoms with van der Waals surface area (Å²) in [6, 6.07) is -16.4. The van der Waals surface area contributed by atoms with Gasteiger partial charge in [0.05, 0.1) is 56.7 Å². The number of hydrogen-bond donors (Lipinski definition) is 15. The zero-order valence-electron chi connectivity index (χ0n) is 54.4. The molecule has 0 aliphatic heterocycles. The molecule has 9 aromatic rings. The predicted molar refractivity (Wildman–Crippen MR) is 353 cm³/mol. The Morgan fingerprint density at radius 2 is 0.760 bits per heavy atom. The number of nitrogens with one attached hydrogen (secondary N) is 9. The molecule has 3 unspecified atom stereocenters. The Labute approximate surface area is 560 Å². The lowest BCUT2D eigenvalue weighted by atomic mass is 10.0. The molecule has 21 N–H and O–H groups in total. The molecule has 0 saturated heterocycles. The SMILES string of the molecule is Cc1cn(C[C@H](NC(=O)[C@@H](N)C(C)n2cnc3c(N)ncnc32)C(=O)N[C@H](C(=O)N[C@@H](Cn2cc(C)c(=O)[nH]c2=O)C(=O)N[C@H](C(=O)N[C@@H](Cn2cc(C)c(=O)[nH]c2=O)C(=O)N[C@@H](CCCCN)C(N)=O)C(C)n2cnc3c(N)ncnc32)C(C)n2cnc3c(N)ncnc32)c(=O)[nH]c1=O. The maximum absolute atomic E-state index is 15.7. The monoisotopic (exact) mass is 1380 g/mol. The van der Waals surface area contributed by atoms with Gasteiger partial charge in [0.25, 0.3) is 16.7 Å². The second-order valence-corrected chi connectivity index (χ2v) is 23.6. The van der Waals surface area contributed by atoms with Crippen molar-refractivity contribution in [3.63, 3.8) is 0 Å². The zero-order chi connectivity index (χ0) is 72.7. The van der Waals surface area contributed by atoms with Crippen LogP contribution in [0.15, 0.2) is 85.3 Å². The molecule has 0 aromatic carbocycles. The Kier molecular flexibility index (Phi) is 21.6. The number of H-pyrrole nitrogens is 3. The highest BCUT2D eigenvalue weighted by Gasteiger charge is 2.40. The van der Waals surface area contributed by atoms with Crippen molar-refractivity contribution in [3.05, 3.63) is 136 Å². The normalized spacial score (nSPS) is 14.6. The molecule has 0 aliphatic carbocycles. The van der Waals surface area contributed by atoms with Crippen LogP contribution >= 0.6 is 0 Å². The third-order valence-corrected chi connectivity index (χ3v) is 16.6. The molecule has 0 radical (unpaired) electrons. The van der Waals surface area contributed by atoms with Crippen LogP contribution in [0.1, 0.15) is 74.8 Å². The van der Waals surface area contributed by atoms with Crippen LogP contribution < -0.4 is 100 Å². The number of imidazole rings is 3. The van der Waals surface area contributed by atoms with Gasteiger partial charge in [0.1, 0.15) is 77.8 Å². The molecule has 43 heteroatoms.